The predicted octanol–water partition coefficient (Wildman–Crippen LogP) is 2.01. The smallest absolute Gasteiger partial charge is 0.131 e. The highest BCUT2D eigenvalue weighted by molar-refractivity contribution is 5.17. The van der Waals surface area contributed by atoms with E-state index in [-0.39, 0.29) is 0 Å². The molecule has 2 nitrogen and oxygen atoms in total. The highest BCUT2D eigenvalue weighted by Gasteiger charge is 2.15. The minimum Gasteiger partial charge on any atom is -0.495 e. The highest BCUT2D eigenvalue weighted by atomic mass is 16.5. The van der Waals surface area contributed by atoms with Gasteiger partial charge < -0.3 is 9.84 Å². The van der Waals surface area contributed by atoms with Gasteiger partial charge >= 0.3 is 0 Å². The molecule has 1 heterocycles. The van der Waals surface area contributed by atoms with Crippen LogP contribution in [0, 0.1) is 0 Å². The molecule has 1 unspecified atom stereocenters. The van der Waals surface area contributed by atoms with E-state index in [9.17, 15) is 5.11 Å². The van der Waals surface area contributed by atoms with E-state index in [0.717, 1.165) is 30.8 Å². The second kappa shape index (κ2) is 4.31. The average Bonchev–Trinajstić information content (AvgIpc) is 2.17. The van der Waals surface area contributed by atoms with Gasteiger partial charge in [0.2, 0.25) is 0 Å². The van der Waals surface area contributed by atoms with E-state index in [1.807, 2.05) is 26.0 Å². The van der Waals surface area contributed by atoms with E-state index in [0.29, 0.717) is 0 Å². The third-order valence-electron chi connectivity index (χ3n) is 2.12. The van der Waals surface area contributed by atoms with Gasteiger partial charge in [-0.15, -0.1) is 0 Å². The Kier molecular flexibility index (Phi) is 3.35. The summed E-state index contributed by atoms with van der Waals surface area (Å²) in [4.78, 5) is 0. The minimum absolute atomic E-state index is 0.532. The van der Waals surface area contributed by atoms with E-state index in [4.69, 9.17) is 4.74 Å². The molecule has 0 fully saturated rings. The molecule has 0 saturated carbocycles. The van der Waals surface area contributed by atoms with Crippen LogP contribution in [0.15, 0.2) is 23.5 Å². The molecule has 1 atom stereocenters. The second-order valence-corrected chi connectivity index (χ2v) is 3.03. The Morgan fingerprint density at radius 3 is 3.00 bits per heavy atom. The van der Waals surface area contributed by atoms with Crippen molar-refractivity contribution in [3.05, 3.63) is 23.5 Å². The van der Waals surface area contributed by atoms with Crippen molar-refractivity contribution in [2.45, 2.75) is 32.8 Å². The van der Waals surface area contributed by atoms with Crippen LogP contribution in [0.4, 0.5) is 0 Å². The lowest BCUT2D eigenvalue weighted by Gasteiger charge is -2.20. The van der Waals surface area contributed by atoms with Crippen molar-refractivity contribution in [3.63, 3.8) is 0 Å². The third-order valence-corrected chi connectivity index (χ3v) is 2.12. The number of hydrogen-bond donors (Lipinski definition) is 1. The van der Waals surface area contributed by atoms with E-state index in [1.165, 1.54) is 0 Å². The van der Waals surface area contributed by atoms with Gasteiger partial charge in [0.15, 0.2) is 0 Å². The van der Waals surface area contributed by atoms with Gasteiger partial charge in [0.1, 0.15) is 11.9 Å². The summed E-state index contributed by atoms with van der Waals surface area (Å²) < 4.78 is 5.33. The molecule has 1 N–H and O–H groups in total. The van der Waals surface area contributed by atoms with E-state index in [1.54, 1.807) is 0 Å². The molecule has 0 amide bonds. The van der Waals surface area contributed by atoms with E-state index < -0.39 is 6.10 Å². The summed E-state index contributed by atoms with van der Waals surface area (Å²) >= 11 is 0. The maximum absolute atomic E-state index is 9.68. The molecule has 12 heavy (non-hydrogen) atoms. The molecule has 1 aliphatic rings. The Hall–Kier alpha value is -0.760. The largest absolute Gasteiger partial charge is 0.495 e. The molecule has 68 valence electrons. The number of rotatable bonds is 2. The first kappa shape index (κ1) is 9.33. The normalized spacial score (nSPS) is 21.2. The van der Waals surface area contributed by atoms with Crippen molar-refractivity contribution in [3.8, 4) is 0 Å². The predicted molar refractivity (Wildman–Crippen MR) is 48.7 cm³/mol. The lowest BCUT2D eigenvalue weighted by atomic mass is 10.1. The number of aliphatic hydroxyl groups excluding tert-OH is 1. The van der Waals surface area contributed by atoms with Crippen molar-refractivity contribution in [1.29, 1.82) is 0 Å². The summed E-state index contributed by atoms with van der Waals surface area (Å²) in [6.07, 6.45) is 5.43. The Balaban J connectivity index is 2.62. The van der Waals surface area contributed by atoms with Crippen LogP contribution in [0.1, 0.15) is 26.7 Å². The Morgan fingerprint density at radius 2 is 2.50 bits per heavy atom. The number of aliphatic hydroxyl groups is 1. The van der Waals surface area contributed by atoms with Gasteiger partial charge in [0.25, 0.3) is 0 Å². The van der Waals surface area contributed by atoms with Gasteiger partial charge in [0, 0.05) is 0 Å². The highest BCUT2D eigenvalue weighted by Crippen LogP contribution is 2.18. The first-order valence-electron chi connectivity index (χ1n) is 4.39. The van der Waals surface area contributed by atoms with Gasteiger partial charge in [-0.2, -0.15) is 0 Å². The van der Waals surface area contributed by atoms with Crippen molar-refractivity contribution in [2.24, 2.45) is 0 Å². The Bertz CT molecular complexity index is 204. The topological polar surface area (TPSA) is 29.5 Å². The molecule has 0 aromatic carbocycles. The summed E-state index contributed by atoms with van der Waals surface area (Å²) in [5.74, 6) is 0.719. The molecule has 1 rings (SSSR count). The first-order valence-corrected chi connectivity index (χ1v) is 4.39. The van der Waals surface area contributed by atoms with Crippen molar-refractivity contribution >= 4 is 0 Å². The maximum Gasteiger partial charge on any atom is 0.131 e. The molecule has 0 spiro atoms. The zero-order valence-corrected chi connectivity index (χ0v) is 7.71. The summed E-state index contributed by atoms with van der Waals surface area (Å²) in [6, 6.07) is 0. The molecule has 0 bridgehead atoms. The van der Waals surface area contributed by atoms with Crippen LogP contribution in [-0.4, -0.2) is 17.8 Å². The fourth-order valence-corrected chi connectivity index (χ4v) is 1.15. The lowest BCUT2D eigenvalue weighted by molar-refractivity contribution is 0.110. The zero-order chi connectivity index (χ0) is 8.97. The zero-order valence-electron chi connectivity index (χ0n) is 7.71. The van der Waals surface area contributed by atoms with Gasteiger partial charge in [-0.05, 0) is 38.3 Å². The van der Waals surface area contributed by atoms with Crippen molar-refractivity contribution < 1.29 is 9.84 Å². The summed E-state index contributed by atoms with van der Waals surface area (Å²) in [6.45, 7) is 4.56. The van der Waals surface area contributed by atoms with Crippen LogP contribution in [0.5, 0.6) is 0 Å². The second-order valence-electron chi connectivity index (χ2n) is 3.03. The summed E-state index contributed by atoms with van der Waals surface area (Å²) in [5, 5.41) is 9.68. The molecule has 0 aromatic rings. The molecule has 0 aromatic heterocycles. The summed E-state index contributed by atoms with van der Waals surface area (Å²) in [5.41, 5.74) is 0.947. The number of ether oxygens (including phenoxy) is 1. The van der Waals surface area contributed by atoms with Crippen LogP contribution in [0.2, 0.25) is 0 Å². The fraction of sp³-hybridized carbons (Fsp3) is 0.600. The third kappa shape index (κ3) is 2.11. The standard InChI is InChI=1S/C10H16O2/c1-3-8(2)10(11)9-6-4-5-7-12-9/h3,6,10-11H,4-5,7H2,1-2H3/b8-3-. The van der Waals surface area contributed by atoms with Crippen LogP contribution >= 0.6 is 0 Å². The molecule has 2 heteroatoms. The van der Waals surface area contributed by atoms with E-state index in [2.05, 4.69) is 0 Å². The monoisotopic (exact) mass is 168 g/mol. The van der Waals surface area contributed by atoms with Gasteiger partial charge in [-0.1, -0.05) is 6.08 Å². The van der Waals surface area contributed by atoms with Crippen molar-refractivity contribution in [2.75, 3.05) is 6.61 Å². The van der Waals surface area contributed by atoms with Crippen LogP contribution in [-0.2, 0) is 4.74 Å². The molecular formula is C10H16O2. The average molecular weight is 168 g/mol. The molecular weight excluding hydrogens is 152 g/mol. The molecule has 0 aliphatic carbocycles. The Morgan fingerprint density at radius 1 is 1.75 bits per heavy atom. The lowest BCUT2D eigenvalue weighted by Crippen LogP contribution is -2.17. The summed E-state index contributed by atoms with van der Waals surface area (Å²) in [7, 11) is 0. The van der Waals surface area contributed by atoms with Crippen LogP contribution in [0.25, 0.3) is 0 Å². The van der Waals surface area contributed by atoms with Crippen molar-refractivity contribution in [1.82, 2.24) is 0 Å². The van der Waals surface area contributed by atoms with Crippen LogP contribution in [0.3, 0.4) is 0 Å². The van der Waals surface area contributed by atoms with Gasteiger partial charge in [-0.25, -0.2) is 0 Å². The van der Waals surface area contributed by atoms with Gasteiger partial charge in [-0.3, -0.25) is 0 Å². The maximum atomic E-state index is 9.68. The first-order chi connectivity index (χ1) is 5.75. The SMILES string of the molecule is C/C=C(/C)C(O)C1=CCCCO1. The minimum atomic E-state index is -0.532. The Labute approximate surface area is 73.5 Å². The quantitative estimate of drug-likeness (QED) is 0.639. The van der Waals surface area contributed by atoms with Crippen LogP contribution < -0.4 is 0 Å². The molecule has 1 aliphatic heterocycles. The van der Waals surface area contributed by atoms with E-state index >= 15 is 0 Å². The number of hydrogen-bond acceptors (Lipinski definition) is 2. The molecule has 0 radical (unpaired) electrons. The molecule has 0 saturated heterocycles. The number of allylic oxidation sites excluding steroid dienone is 2. The fourth-order valence-electron chi connectivity index (χ4n) is 1.15. The van der Waals surface area contributed by atoms with Gasteiger partial charge in [0.05, 0.1) is 6.61 Å².